The van der Waals surface area contributed by atoms with Crippen LogP contribution >= 0.6 is 7.82 Å². The lowest BCUT2D eigenvalue weighted by molar-refractivity contribution is -0.161. The third kappa shape index (κ3) is 50.8. The fourth-order valence-corrected chi connectivity index (χ4v) is 7.54. The van der Waals surface area contributed by atoms with Crippen LogP contribution in [0.1, 0.15) is 201 Å². The van der Waals surface area contributed by atoms with Crippen molar-refractivity contribution in [2.45, 2.75) is 213 Å². The minimum Gasteiger partial charge on any atom is -0.462 e. The number of carbonyl (C=O) groups excluding carboxylic acids is 3. The molecule has 0 rings (SSSR count). The molecule has 0 radical (unpaired) electrons. The molecule has 408 valence electrons. The molecule has 0 saturated carbocycles. The molecular weight excluding hydrogens is 928 g/mol. The number of allylic oxidation sites excluding steroid dienone is 20. The maximum atomic E-state index is 12.9. The molecule has 12 heteroatoms. The molecule has 0 heterocycles. The van der Waals surface area contributed by atoms with Crippen LogP contribution in [-0.2, 0) is 42.2 Å². The number of esters is 3. The Kier molecular flexibility index (Phi) is 50.1. The summed E-state index contributed by atoms with van der Waals surface area (Å²) >= 11 is 0. The summed E-state index contributed by atoms with van der Waals surface area (Å²) < 4.78 is 39.3. The highest BCUT2D eigenvalue weighted by atomic mass is 31.2. The molecule has 2 N–H and O–H groups in total. The number of phosphoric ester groups is 1. The first kappa shape index (κ1) is 67.9. The van der Waals surface area contributed by atoms with E-state index in [0.29, 0.717) is 25.7 Å². The predicted octanol–water partition coefficient (Wildman–Crippen LogP) is 16.0. The van der Waals surface area contributed by atoms with Crippen LogP contribution in [0.25, 0.3) is 0 Å². The van der Waals surface area contributed by atoms with Crippen LogP contribution in [-0.4, -0.2) is 66.5 Å². The quantitative estimate of drug-likeness (QED) is 0.0197. The Hall–Kier alpha value is -4.12. The molecule has 0 bridgehead atoms. The van der Waals surface area contributed by atoms with Crippen molar-refractivity contribution in [3.63, 3.8) is 0 Å². The molecule has 3 unspecified atom stereocenters. The molecule has 0 aromatic heterocycles. The molecule has 0 aliphatic heterocycles. The topological polar surface area (TPSA) is 155 Å². The van der Waals surface area contributed by atoms with Gasteiger partial charge in [-0.1, -0.05) is 194 Å². The van der Waals surface area contributed by atoms with Crippen LogP contribution in [0, 0.1) is 0 Å². The van der Waals surface area contributed by atoms with Gasteiger partial charge in [0.15, 0.2) is 6.10 Å². The van der Waals surface area contributed by atoms with E-state index in [2.05, 4.69) is 118 Å². The van der Waals surface area contributed by atoms with E-state index >= 15 is 0 Å². The van der Waals surface area contributed by atoms with E-state index < -0.39 is 57.8 Å². The molecule has 0 fully saturated rings. The number of aliphatic hydroxyl groups excluding tert-OH is 1. The summed E-state index contributed by atoms with van der Waals surface area (Å²) in [7, 11) is -4.78. The molecule has 11 nitrogen and oxygen atoms in total. The number of aliphatic hydroxyl groups is 1. The van der Waals surface area contributed by atoms with E-state index in [4.69, 9.17) is 23.3 Å². The molecule has 72 heavy (non-hydrogen) atoms. The lowest BCUT2D eigenvalue weighted by atomic mass is 10.1. The highest BCUT2D eigenvalue weighted by molar-refractivity contribution is 7.47. The van der Waals surface area contributed by atoms with Gasteiger partial charge in [0.25, 0.3) is 0 Å². The van der Waals surface area contributed by atoms with Crippen molar-refractivity contribution in [1.29, 1.82) is 0 Å². The minimum absolute atomic E-state index is 0.0458. The smallest absolute Gasteiger partial charge is 0.462 e. The molecule has 0 aliphatic rings. The van der Waals surface area contributed by atoms with Crippen molar-refractivity contribution in [2.75, 3.05) is 26.4 Å². The van der Waals surface area contributed by atoms with Gasteiger partial charge in [-0.15, -0.1) is 0 Å². The van der Waals surface area contributed by atoms with Gasteiger partial charge < -0.3 is 24.2 Å². The molecule has 3 atom stereocenters. The van der Waals surface area contributed by atoms with Crippen molar-refractivity contribution >= 4 is 25.7 Å². The SMILES string of the molecule is CC/C=C\C/C=C\C/C=C\C/C=C\C/C=C\CCCC(=O)OCC(COP(=O)(O)OCC(CO)OC(=O)CC/C=C\C/C=C\C/C=C\C/C=C\CC)OC(=O)CCCCCCC/C=C\CCCCCCCC. The van der Waals surface area contributed by atoms with Gasteiger partial charge in [-0.25, -0.2) is 4.57 Å². The van der Waals surface area contributed by atoms with Crippen LogP contribution in [0.2, 0.25) is 0 Å². The van der Waals surface area contributed by atoms with E-state index in [9.17, 15) is 28.9 Å². The maximum absolute atomic E-state index is 12.9. The zero-order valence-electron chi connectivity index (χ0n) is 44.8. The van der Waals surface area contributed by atoms with Gasteiger partial charge in [0.1, 0.15) is 12.7 Å². The van der Waals surface area contributed by atoms with E-state index in [1.807, 2.05) is 24.3 Å². The predicted molar refractivity (Wildman–Crippen MR) is 297 cm³/mol. The molecule has 0 aromatic carbocycles. The van der Waals surface area contributed by atoms with Gasteiger partial charge in [-0.2, -0.15) is 0 Å². The lowest BCUT2D eigenvalue weighted by Gasteiger charge is -2.21. The average molecular weight is 1030 g/mol. The standard InChI is InChI=1S/C60H97O11P/c1-4-7-10-13-16-19-22-25-27-28-30-32-34-37-40-43-46-49-58(62)67-53-57(71-60(64)51-48-45-42-39-36-33-29-26-23-20-17-14-11-8-5-2)55-69-72(65,66)68-54-56(52-61)70-59(63)50-47-44-41-38-35-31-24-21-18-15-12-9-6-3/h7,9-10,12,16,18-19,21,25-27,29-32,35,37,40-41,44,56-57,61H,4-6,8,11,13-15,17,20,22-24,28,33-34,36,38-39,42-43,45-55H2,1-3H3,(H,65,66)/b10-7-,12-9-,19-16-,21-18-,27-25-,29-26-,32-30-,35-31-,40-37-,44-41-. The van der Waals surface area contributed by atoms with Crippen molar-refractivity contribution in [3.8, 4) is 0 Å². The summed E-state index contributed by atoms with van der Waals surface area (Å²) in [5.74, 6) is -1.65. The van der Waals surface area contributed by atoms with Gasteiger partial charge in [0, 0.05) is 19.3 Å². The lowest BCUT2D eigenvalue weighted by Crippen LogP contribution is -2.30. The Morgan fingerprint density at radius 2 is 0.764 bits per heavy atom. The number of carbonyl (C=O) groups is 3. The Morgan fingerprint density at radius 1 is 0.403 bits per heavy atom. The Labute approximate surface area is 437 Å². The normalized spacial score (nSPS) is 14.3. The fraction of sp³-hybridized carbons (Fsp3) is 0.617. The largest absolute Gasteiger partial charge is 0.472 e. The first-order chi connectivity index (χ1) is 35.2. The van der Waals surface area contributed by atoms with Crippen LogP contribution in [0.4, 0.5) is 0 Å². The molecule has 0 saturated heterocycles. The molecule has 0 aliphatic carbocycles. The van der Waals surface area contributed by atoms with E-state index in [1.54, 1.807) is 0 Å². The second-order valence-corrected chi connectivity index (χ2v) is 19.1. The van der Waals surface area contributed by atoms with Crippen LogP contribution < -0.4 is 0 Å². The highest BCUT2D eigenvalue weighted by Gasteiger charge is 2.28. The number of unbranched alkanes of at least 4 members (excludes halogenated alkanes) is 12. The number of hydrogen-bond acceptors (Lipinski definition) is 10. The first-order valence-corrected chi connectivity index (χ1v) is 28.9. The maximum Gasteiger partial charge on any atom is 0.472 e. The molecular formula is C60H97O11P. The number of rotatable bonds is 49. The molecule has 0 spiro atoms. The Bertz CT molecular complexity index is 1670. The summed E-state index contributed by atoms with van der Waals surface area (Å²) in [6, 6.07) is 0. The van der Waals surface area contributed by atoms with E-state index in [1.165, 1.54) is 38.5 Å². The van der Waals surface area contributed by atoms with Gasteiger partial charge in [-0.05, 0) is 109 Å². The van der Waals surface area contributed by atoms with Crippen molar-refractivity contribution in [1.82, 2.24) is 0 Å². The Morgan fingerprint density at radius 3 is 1.25 bits per heavy atom. The van der Waals surface area contributed by atoms with Crippen LogP contribution in [0.3, 0.4) is 0 Å². The van der Waals surface area contributed by atoms with Crippen molar-refractivity contribution in [3.05, 3.63) is 122 Å². The summed E-state index contributed by atoms with van der Waals surface area (Å²) in [5.41, 5.74) is 0. The van der Waals surface area contributed by atoms with E-state index in [0.717, 1.165) is 96.3 Å². The minimum atomic E-state index is -4.78. The van der Waals surface area contributed by atoms with Crippen LogP contribution in [0.15, 0.2) is 122 Å². The third-order valence-corrected chi connectivity index (χ3v) is 11.8. The van der Waals surface area contributed by atoms with Gasteiger partial charge >= 0.3 is 25.7 Å². The number of ether oxygens (including phenoxy) is 3. The fourth-order valence-electron chi connectivity index (χ4n) is 6.75. The number of phosphoric acid groups is 1. The summed E-state index contributed by atoms with van der Waals surface area (Å²) in [4.78, 5) is 48.4. The Balaban J connectivity index is 4.91. The number of hydrogen-bond donors (Lipinski definition) is 2. The first-order valence-electron chi connectivity index (χ1n) is 27.4. The van der Waals surface area contributed by atoms with Gasteiger partial charge in [0.2, 0.25) is 0 Å². The van der Waals surface area contributed by atoms with Gasteiger partial charge in [0.05, 0.1) is 19.8 Å². The third-order valence-electron chi connectivity index (χ3n) is 10.9. The second kappa shape index (κ2) is 53.2. The van der Waals surface area contributed by atoms with Crippen molar-refractivity contribution < 1.29 is 52.2 Å². The zero-order chi connectivity index (χ0) is 52.7. The van der Waals surface area contributed by atoms with Crippen LogP contribution in [0.5, 0.6) is 0 Å². The van der Waals surface area contributed by atoms with Crippen molar-refractivity contribution in [2.24, 2.45) is 0 Å². The van der Waals surface area contributed by atoms with Gasteiger partial charge in [-0.3, -0.25) is 23.4 Å². The average Bonchev–Trinajstić information content (AvgIpc) is 3.37. The summed E-state index contributed by atoms with van der Waals surface area (Å²) in [6.45, 7) is 4.23. The second-order valence-electron chi connectivity index (χ2n) is 17.6. The summed E-state index contributed by atoms with van der Waals surface area (Å²) in [6.07, 6.45) is 64.7. The zero-order valence-corrected chi connectivity index (χ0v) is 45.7. The molecule has 0 aromatic rings. The monoisotopic (exact) mass is 1020 g/mol. The van der Waals surface area contributed by atoms with E-state index in [-0.39, 0.29) is 25.9 Å². The highest BCUT2D eigenvalue weighted by Crippen LogP contribution is 2.43. The summed E-state index contributed by atoms with van der Waals surface area (Å²) in [5, 5.41) is 9.77. The molecule has 0 amide bonds.